The number of amides is 1. The quantitative estimate of drug-likeness (QED) is 0.562. The second-order valence-electron chi connectivity index (χ2n) is 1.96. The van der Waals surface area contributed by atoms with E-state index < -0.39 is 15.9 Å². The van der Waals surface area contributed by atoms with E-state index in [1.54, 1.807) is 7.05 Å². The van der Waals surface area contributed by atoms with Crippen molar-refractivity contribution in [3.05, 3.63) is 0 Å². The van der Waals surface area contributed by atoms with E-state index in [9.17, 15) is 13.2 Å². The number of likely N-dealkylation sites (N-methyl/N-ethyl adjacent to an activating group) is 1. The zero-order valence-electron chi connectivity index (χ0n) is 6.55. The topological polar surface area (TPSA) is 75.3 Å². The van der Waals surface area contributed by atoms with Crippen LogP contribution in [0.1, 0.15) is 6.92 Å². The van der Waals surface area contributed by atoms with Gasteiger partial charge in [-0.2, -0.15) is 0 Å². The zero-order valence-corrected chi connectivity index (χ0v) is 7.36. The summed E-state index contributed by atoms with van der Waals surface area (Å²) in [5.74, 6) is -0.614. The first-order valence-electron chi connectivity index (χ1n) is 3.19. The average Bonchev–Trinajstić information content (AvgIpc) is 1.87. The SMILES string of the molecule is CCS(=O)(=O)NC(=O)CNC. The maximum atomic E-state index is 10.7. The van der Waals surface area contributed by atoms with Crippen LogP contribution in [0.2, 0.25) is 0 Å². The number of hydrogen-bond acceptors (Lipinski definition) is 4. The van der Waals surface area contributed by atoms with Crippen LogP contribution < -0.4 is 10.0 Å². The Labute approximate surface area is 66.2 Å². The lowest BCUT2D eigenvalue weighted by atomic mass is 10.6. The third kappa shape index (κ3) is 4.74. The van der Waals surface area contributed by atoms with Crippen molar-refractivity contribution in [2.24, 2.45) is 0 Å². The normalized spacial score (nSPS) is 11.1. The van der Waals surface area contributed by atoms with Crippen LogP contribution in [-0.2, 0) is 14.8 Å². The monoisotopic (exact) mass is 180 g/mol. The fraction of sp³-hybridized carbons (Fsp3) is 0.800. The third-order valence-electron chi connectivity index (χ3n) is 0.987. The van der Waals surface area contributed by atoms with Crippen LogP contribution in [0, 0.1) is 0 Å². The van der Waals surface area contributed by atoms with E-state index >= 15 is 0 Å². The number of nitrogens with one attached hydrogen (secondary N) is 2. The number of sulfonamides is 1. The summed E-state index contributed by atoms with van der Waals surface area (Å²) in [6.45, 7) is 1.48. The minimum atomic E-state index is -3.38. The zero-order chi connectivity index (χ0) is 8.91. The lowest BCUT2D eigenvalue weighted by molar-refractivity contribution is -0.118. The highest BCUT2D eigenvalue weighted by Crippen LogP contribution is 1.80. The molecule has 2 N–H and O–H groups in total. The van der Waals surface area contributed by atoms with Gasteiger partial charge in [0.15, 0.2) is 0 Å². The molecule has 0 rings (SSSR count). The molecule has 0 aromatic rings. The van der Waals surface area contributed by atoms with Gasteiger partial charge in [0.05, 0.1) is 12.3 Å². The van der Waals surface area contributed by atoms with Gasteiger partial charge in [-0.3, -0.25) is 9.52 Å². The molecular formula is C5H12N2O3S. The predicted molar refractivity (Wildman–Crippen MR) is 41.5 cm³/mol. The van der Waals surface area contributed by atoms with Crippen molar-refractivity contribution in [1.82, 2.24) is 10.0 Å². The largest absolute Gasteiger partial charge is 0.311 e. The van der Waals surface area contributed by atoms with Gasteiger partial charge in [-0.25, -0.2) is 8.42 Å². The summed E-state index contributed by atoms with van der Waals surface area (Å²) in [6, 6.07) is 0. The molecule has 0 aromatic heterocycles. The van der Waals surface area contributed by atoms with Gasteiger partial charge in [0.25, 0.3) is 0 Å². The van der Waals surface area contributed by atoms with E-state index in [1.165, 1.54) is 6.92 Å². The van der Waals surface area contributed by atoms with Crippen LogP contribution in [0.25, 0.3) is 0 Å². The Morgan fingerprint density at radius 1 is 1.45 bits per heavy atom. The molecule has 0 saturated heterocycles. The Morgan fingerprint density at radius 2 is 2.00 bits per heavy atom. The molecule has 0 aliphatic carbocycles. The molecule has 0 heterocycles. The van der Waals surface area contributed by atoms with Crippen LogP contribution in [0.5, 0.6) is 0 Å². The van der Waals surface area contributed by atoms with Gasteiger partial charge >= 0.3 is 0 Å². The highest BCUT2D eigenvalue weighted by atomic mass is 32.2. The lowest BCUT2D eigenvalue weighted by Crippen LogP contribution is -2.37. The van der Waals surface area contributed by atoms with E-state index in [2.05, 4.69) is 5.32 Å². The molecule has 0 aromatic carbocycles. The van der Waals surface area contributed by atoms with E-state index in [0.29, 0.717) is 0 Å². The molecule has 5 nitrogen and oxygen atoms in total. The van der Waals surface area contributed by atoms with Gasteiger partial charge in [-0.05, 0) is 14.0 Å². The molecule has 11 heavy (non-hydrogen) atoms. The van der Waals surface area contributed by atoms with Crippen molar-refractivity contribution in [3.8, 4) is 0 Å². The Morgan fingerprint density at radius 3 is 2.36 bits per heavy atom. The smallest absolute Gasteiger partial charge is 0.247 e. The standard InChI is InChI=1S/C5H12N2O3S/c1-3-11(9,10)7-5(8)4-6-2/h6H,3-4H2,1-2H3,(H,7,8). The summed E-state index contributed by atoms with van der Waals surface area (Å²) in [6.07, 6.45) is 0. The van der Waals surface area contributed by atoms with Crippen LogP contribution in [0.15, 0.2) is 0 Å². The minimum Gasteiger partial charge on any atom is -0.311 e. The first-order valence-corrected chi connectivity index (χ1v) is 4.85. The summed E-state index contributed by atoms with van der Waals surface area (Å²) >= 11 is 0. The highest BCUT2D eigenvalue weighted by molar-refractivity contribution is 7.90. The summed E-state index contributed by atoms with van der Waals surface area (Å²) in [4.78, 5) is 10.7. The second kappa shape index (κ2) is 4.30. The number of carbonyl (C=O) groups excluding carboxylic acids is 1. The molecule has 0 aliphatic rings. The number of hydrogen-bond donors (Lipinski definition) is 2. The van der Waals surface area contributed by atoms with E-state index in [4.69, 9.17) is 0 Å². The fourth-order valence-electron chi connectivity index (χ4n) is 0.442. The molecular weight excluding hydrogens is 168 g/mol. The molecule has 0 spiro atoms. The lowest BCUT2D eigenvalue weighted by Gasteiger charge is -2.02. The van der Waals surface area contributed by atoms with Crippen molar-refractivity contribution in [3.63, 3.8) is 0 Å². The Hall–Kier alpha value is -0.620. The van der Waals surface area contributed by atoms with Crippen LogP contribution >= 0.6 is 0 Å². The fourth-order valence-corrected chi connectivity index (χ4v) is 1.01. The predicted octanol–water partition coefficient (Wildman–Crippen LogP) is -1.33. The van der Waals surface area contributed by atoms with Crippen LogP contribution in [-0.4, -0.2) is 33.7 Å². The van der Waals surface area contributed by atoms with Gasteiger partial charge in [0, 0.05) is 0 Å². The molecule has 0 radical (unpaired) electrons. The first kappa shape index (κ1) is 10.4. The van der Waals surface area contributed by atoms with Gasteiger partial charge < -0.3 is 5.32 Å². The van der Waals surface area contributed by atoms with Crippen LogP contribution in [0.4, 0.5) is 0 Å². The molecule has 0 atom stereocenters. The first-order chi connectivity index (χ1) is 5.02. The maximum Gasteiger partial charge on any atom is 0.247 e. The van der Waals surface area contributed by atoms with E-state index in [0.717, 1.165) is 0 Å². The summed E-state index contributed by atoms with van der Waals surface area (Å²) < 4.78 is 23.3. The molecule has 0 bridgehead atoms. The van der Waals surface area contributed by atoms with Crippen molar-refractivity contribution in [2.75, 3.05) is 19.3 Å². The van der Waals surface area contributed by atoms with Crippen molar-refractivity contribution in [2.45, 2.75) is 6.92 Å². The maximum absolute atomic E-state index is 10.7. The second-order valence-corrected chi connectivity index (χ2v) is 3.97. The highest BCUT2D eigenvalue weighted by Gasteiger charge is 2.09. The van der Waals surface area contributed by atoms with E-state index in [1.807, 2.05) is 4.72 Å². The molecule has 0 saturated carbocycles. The molecule has 6 heteroatoms. The van der Waals surface area contributed by atoms with Crippen LogP contribution in [0.3, 0.4) is 0 Å². The van der Waals surface area contributed by atoms with Crippen molar-refractivity contribution >= 4 is 15.9 Å². The van der Waals surface area contributed by atoms with Crippen molar-refractivity contribution < 1.29 is 13.2 Å². The average molecular weight is 180 g/mol. The Bertz CT molecular complexity index is 222. The Balaban J connectivity index is 3.95. The summed E-state index contributed by atoms with van der Waals surface area (Å²) in [5.41, 5.74) is 0. The van der Waals surface area contributed by atoms with Gasteiger partial charge in [-0.1, -0.05) is 0 Å². The molecule has 0 unspecified atom stereocenters. The number of rotatable bonds is 4. The third-order valence-corrected chi connectivity index (χ3v) is 2.29. The van der Waals surface area contributed by atoms with Gasteiger partial charge in [-0.15, -0.1) is 0 Å². The summed E-state index contributed by atoms with van der Waals surface area (Å²) in [7, 11) is -1.81. The molecule has 66 valence electrons. The summed E-state index contributed by atoms with van der Waals surface area (Å²) in [5, 5.41) is 2.54. The molecule has 1 amide bonds. The van der Waals surface area contributed by atoms with E-state index in [-0.39, 0.29) is 12.3 Å². The number of carbonyl (C=O) groups is 1. The van der Waals surface area contributed by atoms with Gasteiger partial charge in [0.2, 0.25) is 15.9 Å². The minimum absolute atomic E-state index is 0.0131. The molecule has 0 fully saturated rings. The van der Waals surface area contributed by atoms with Gasteiger partial charge in [0.1, 0.15) is 0 Å². The Kier molecular flexibility index (Phi) is 4.06. The molecule has 0 aliphatic heterocycles. The van der Waals surface area contributed by atoms with Crippen molar-refractivity contribution in [1.29, 1.82) is 0 Å².